The van der Waals surface area contributed by atoms with Gasteiger partial charge in [-0.25, -0.2) is 13.2 Å². The zero-order chi connectivity index (χ0) is 18.4. The van der Waals surface area contributed by atoms with E-state index in [2.05, 4.69) is 20.9 Å². The molecule has 2 aromatic heterocycles. The molecule has 5 nitrogen and oxygen atoms in total. The number of aromatic amines is 1. The van der Waals surface area contributed by atoms with Crippen molar-refractivity contribution in [3.8, 4) is 11.1 Å². The second-order valence-electron chi connectivity index (χ2n) is 5.53. The molecule has 0 radical (unpaired) electrons. The van der Waals surface area contributed by atoms with Gasteiger partial charge in [0, 0.05) is 22.2 Å². The topological polar surface area (TPSA) is 76.2 Å². The zero-order valence-corrected chi connectivity index (χ0v) is 17.2. The fourth-order valence-corrected chi connectivity index (χ4v) is 5.38. The Morgan fingerprint density at radius 1 is 1.40 bits per heavy atom. The first-order valence-electron chi connectivity index (χ1n) is 7.04. The molecule has 0 aliphatic heterocycles. The molecule has 25 heavy (non-hydrogen) atoms. The number of methoxy groups -OCH3 is 1. The molecular weight excluding hydrogens is 450 g/mol. The number of benzene rings is 1. The Hall–Kier alpha value is -1.35. The number of H-pyrrole nitrogens is 1. The maximum Gasteiger partial charge on any atom is 0.355 e. The first-order valence-corrected chi connectivity index (χ1v) is 11.2. The predicted molar refractivity (Wildman–Crippen MR) is 104 cm³/mol. The van der Waals surface area contributed by atoms with E-state index in [0.29, 0.717) is 27.4 Å². The lowest BCUT2D eigenvalue weighted by molar-refractivity contribution is 0.0596. The number of thiophene rings is 1. The van der Waals surface area contributed by atoms with Gasteiger partial charge < -0.3 is 9.72 Å². The highest BCUT2D eigenvalue weighted by molar-refractivity contribution is 9.10. The minimum Gasteiger partial charge on any atom is -0.464 e. The molecule has 0 unspecified atom stereocenters. The van der Waals surface area contributed by atoms with E-state index in [1.807, 2.05) is 5.38 Å². The van der Waals surface area contributed by atoms with Crippen molar-refractivity contribution in [3.63, 3.8) is 0 Å². The Bertz CT molecular complexity index is 1090. The average Bonchev–Trinajstić information content (AvgIpc) is 3.07. The third-order valence-electron chi connectivity index (χ3n) is 3.62. The van der Waals surface area contributed by atoms with Gasteiger partial charge in [-0.2, -0.15) is 0 Å². The van der Waals surface area contributed by atoms with Crippen LogP contribution < -0.4 is 0 Å². The van der Waals surface area contributed by atoms with Crippen molar-refractivity contribution >= 4 is 64.9 Å². The number of aromatic nitrogens is 1. The van der Waals surface area contributed by atoms with E-state index in [1.165, 1.54) is 18.4 Å². The highest BCUT2D eigenvalue weighted by atomic mass is 79.9. The van der Waals surface area contributed by atoms with Crippen LogP contribution in [0.25, 0.3) is 21.3 Å². The van der Waals surface area contributed by atoms with E-state index >= 15 is 0 Å². The van der Waals surface area contributed by atoms with Crippen LogP contribution in [0.1, 0.15) is 16.1 Å². The van der Waals surface area contributed by atoms with Gasteiger partial charge in [-0.05, 0) is 33.1 Å². The first kappa shape index (κ1) is 18.4. The molecule has 0 saturated heterocycles. The van der Waals surface area contributed by atoms with Crippen molar-refractivity contribution in [2.24, 2.45) is 0 Å². The Morgan fingerprint density at radius 2 is 2.12 bits per heavy atom. The minimum atomic E-state index is -3.19. The van der Waals surface area contributed by atoms with Gasteiger partial charge in [-0.1, -0.05) is 23.7 Å². The number of rotatable bonds is 4. The summed E-state index contributed by atoms with van der Waals surface area (Å²) < 4.78 is 29.6. The summed E-state index contributed by atoms with van der Waals surface area (Å²) in [5, 5.41) is 2.26. The molecule has 2 heterocycles. The smallest absolute Gasteiger partial charge is 0.355 e. The van der Waals surface area contributed by atoms with Crippen molar-refractivity contribution in [3.05, 3.63) is 44.3 Å². The van der Waals surface area contributed by atoms with Crippen LogP contribution in [-0.4, -0.2) is 32.7 Å². The fourth-order valence-electron chi connectivity index (χ4n) is 2.57. The highest BCUT2D eigenvalue weighted by Crippen LogP contribution is 2.41. The Balaban J connectivity index is 2.19. The standard InChI is InChI=1S/C16H13BrClNO4S2/c1-23-16(20)14-12(15-13(19-14)10(17)6-24-15)8-3-4-9(11(18)5-8)7-25(2,21)22/h3-6,19H,7H2,1-2H3. The number of halogens is 2. The summed E-state index contributed by atoms with van der Waals surface area (Å²) in [6, 6.07) is 5.10. The summed E-state index contributed by atoms with van der Waals surface area (Å²) in [5.41, 5.74) is 3.05. The zero-order valence-electron chi connectivity index (χ0n) is 13.2. The van der Waals surface area contributed by atoms with E-state index in [9.17, 15) is 13.2 Å². The molecule has 0 aliphatic carbocycles. The van der Waals surface area contributed by atoms with Crippen molar-refractivity contribution in [1.82, 2.24) is 4.98 Å². The van der Waals surface area contributed by atoms with E-state index in [1.54, 1.807) is 18.2 Å². The van der Waals surface area contributed by atoms with E-state index < -0.39 is 15.8 Å². The Morgan fingerprint density at radius 3 is 2.72 bits per heavy atom. The van der Waals surface area contributed by atoms with Crippen molar-refractivity contribution < 1.29 is 17.9 Å². The van der Waals surface area contributed by atoms with E-state index in [4.69, 9.17) is 16.3 Å². The molecule has 0 saturated carbocycles. The van der Waals surface area contributed by atoms with Gasteiger partial charge in [-0.3, -0.25) is 0 Å². The number of nitrogens with one attached hydrogen (secondary N) is 1. The molecule has 0 fully saturated rings. The molecule has 0 bridgehead atoms. The number of carbonyl (C=O) groups is 1. The van der Waals surface area contributed by atoms with Gasteiger partial charge in [0.05, 0.1) is 27.6 Å². The maximum atomic E-state index is 12.1. The average molecular weight is 463 g/mol. The number of carbonyl (C=O) groups excluding carboxylic acids is 1. The normalized spacial score (nSPS) is 11.8. The van der Waals surface area contributed by atoms with Crippen LogP contribution in [0.15, 0.2) is 28.1 Å². The van der Waals surface area contributed by atoms with Crippen LogP contribution in [0.3, 0.4) is 0 Å². The second-order valence-corrected chi connectivity index (χ2v) is 9.81. The molecule has 0 amide bonds. The summed E-state index contributed by atoms with van der Waals surface area (Å²) in [6.45, 7) is 0. The third-order valence-corrected chi connectivity index (χ3v) is 6.74. The van der Waals surface area contributed by atoms with Crippen LogP contribution in [0, 0.1) is 0 Å². The Kier molecular flexibility index (Phi) is 4.98. The SMILES string of the molecule is COC(=O)c1[nH]c2c(Br)csc2c1-c1ccc(CS(C)(=O)=O)c(Cl)c1. The van der Waals surface area contributed by atoms with Gasteiger partial charge in [0.15, 0.2) is 9.84 Å². The van der Waals surface area contributed by atoms with Crippen LogP contribution in [0.4, 0.5) is 0 Å². The number of sulfone groups is 1. The number of hydrogen-bond acceptors (Lipinski definition) is 5. The number of esters is 1. The number of ether oxygens (including phenoxy) is 1. The molecular formula is C16H13BrClNO4S2. The van der Waals surface area contributed by atoms with Gasteiger partial charge in [-0.15, -0.1) is 11.3 Å². The van der Waals surface area contributed by atoms with Crippen LogP contribution in [0.5, 0.6) is 0 Å². The molecule has 0 spiro atoms. The molecule has 132 valence electrons. The lowest BCUT2D eigenvalue weighted by atomic mass is 10.0. The lowest BCUT2D eigenvalue weighted by Gasteiger charge is -2.07. The fraction of sp³-hybridized carbons (Fsp3) is 0.188. The molecule has 0 aliphatic rings. The molecule has 3 rings (SSSR count). The predicted octanol–water partition coefficient (Wildman–Crippen LogP) is 4.64. The highest BCUT2D eigenvalue weighted by Gasteiger charge is 2.23. The van der Waals surface area contributed by atoms with Crippen molar-refractivity contribution in [1.29, 1.82) is 0 Å². The summed E-state index contributed by atoms with van der Waals surface area (Å²) >= 11 is 11.2. The van der Waals surface area contributed by atoms with Gasteiger partial charge >= 0.3 is 5.97 Å². The van der Waals surface area contributed by atoms with Gasteiger partial charge in [0.2, 0.25) is 0 Å². The van der Waals surface area contributed by atoms with Crippen LogP contribution in [0.2, 0.25) is 5.02 Å². The molecule has 1 N–H and O–H groups in total. The summed E-state index contributed by atoms with van der Waals surface area (Å²) in [5.74, 6) is -0.620. The van der Waals surface area contributed by atoms with Crippen LogP contribution >= 0.6 is 38.9 Å². The first-order chi connectivity index (χ1) is 11.7. The molecule has 0 atom stereocenters. The van der Waals surface area contributed by atoms with Crippen molar-refractivity contribution in [2.75, 3.05) is 13.4 Å². The Labute approximate surface area is 162 Å². The third kappa shape index (κ3) is 3.62. The number of fused-ring (bicyclic) bond motifs is 1. The lowest BCUT2D eigenvalue weighted by Crippen LogP contribution is -2.04. The maximum absolute atomic E-state index is 12.1. The molecule has 3 aromatic rings. The summed E-state index contributed by atoms with van der Waals surface area (Å²) in [7, 11) is -1.87. The summed E-state index contributed by atoms with van der Waals surface area (Å²) in [4.78, 5) is 15.2. The summed E-state index contributed by atoms with van der Waals surface area (Å²) in [6.07, 6.45) is 1.16. The number of hydrogen-bond donors (Lipinski definition) is 1. The van der Waals surface area contributed by atoms with Gasteiger partial charge in [0.25, 0.3) is 0 Å². The minimum absolute atomic E-state index is 0.136. The largest absolute Gasteiger partial charge is 0.464 e. The van der Waals surface area contributed by atoms with E-state index in [0.717, 1.165) is 20.9 Å². The van der Waals surface area contributed by atoms with Gasteiger partial charge in [0.1, 0.15) is 5.69 Å². The van der Waals surface area contributed by atoms with Crippen LogP contribution in [-0.2, 0) is 20.3 Å². The van der Waals surface area contributed by atoms with E-state index in [-0.39, 0.29) is 5.75 Å². The molecule has 1 aromatic carbocycles. The second kappa shape index (κ2) is 6.75. The molecule has 9 heteroatoms. The monoisotopic (exact) mass is 461 g/mol. The van der Waals surface area contributed by atoms with Crippen molar-refractivity contribution in [2.45, 2.75) is 5.75 Å². The quantitative estimate of drug-likeness (QED) is 0.573.